The maximum absolute atomic E-state index is 12.4. The Morgan fingerprint density at radius 2 is 2.44 bits per heavy atom. The lowest BCUT2D eigenvalue weighted by atomic mass is 10.6. The molecule has 1 nitrogen and oxygen atoms in total. The summed E-state index contributed by atoms with van der Waals surface area (Å²) >= 11 is 1.17. The largest absolute Gasteiger partial charge is 0.358 e. The van der Waals surface area contributed by atoms with Gasteiger partial charge >= 0.3 is 0 Å². The lowest BCUT2D eigenvalue weighted by molar-refractivity contribution is 0.411. The highest BCUT2D eigenvalue weighted by Crippen LogP contribution is 2.35. The molecule has 0 bridgehead atoms. The van der Waals surface area contributed by atoms with Crippen molar-refractivity contribution in [1.29, 1.82) is 0 Å². The van der Waals surface area contributed by atoms with Gasteiger partial charge < -0.3 is 4.74 Å². The summed E-state index contributed by atoms with van der Waals surface area (Å²) in [6.45, 7) is 5.24. The molecule has 0 amide bonds. The fraction of sp³-hybridized carbons (Fsp3) is 0.667. The highest BCUT2D eigenvalue weighted by Gasteiger charge is 2.36. The first-order valence-corrected chi connectivity index (χ1v) is 3.76. The maximum Gasteiger partial charge on any atom is 0.166 e. The van der Waals surface area contributed by atoms with E-state index < -0.39 is 5.50 Å². The minimum Gasteiger partial charge on any atom is -0.358 e. The Morgan fingerprint density at radius 3 is 2.78 bits per heavy atom. The average Bonchev–Trinajstić information content (AvgIpc) is 2.47. The number of halogens is 1. The van der Waals surface area contributed by atoms with Gasteiger partial charge in [-0.25, -0.2) is 4.39 Å². The second-order valence-electron chi connectivity index (χ2n) is 1.93. The predicted molar refractivity (Wildman–Crippen MR) is 37.0 cm³/mol. The molecule has 1 heterocycles. The molecular weight excluding hydrogens is 139 g/mol. The summed E-state index contributed by atoms with van der Waals surface area (Å²) in [4.78, 5) is 0. The first-order valence-electron chi connectivity index (χ1n) is 2.81. The van der Waals surface area contributed by atoms with Gasteiger partial charge in [-0.05, 0) is 13.0 Å². The van der Waals surface area contributed by atoms with Crippen LogP contribution in [-0.4, -0.2) is 17.0 Å². The minimum absolute atomic E-state index is 0.0676. The van der Waals surface area contributed by atoms with Crippen molar-refractivity contribution in [2.24, 2.45) is 0 Å². The van der Waals surface area contributed by atoms with Crippen LogP contribution in [0.5, 0.6) is 0 Å². The number of epoxide rings is 1. The molecule has 52 valence electrons. The zero-order valence-electron chi connectivity index (χ0n) is 5.21. The molecule has 3 heteroatoms. The summed E-state index contributed by atoms with van der Waals surface area (Å²) in [6, 6.07) is 0. The van der Waals surface area contributed by atoms with Crippen molar-refractivity contribution in [3.8, 4) is 0 Å². The van der Waals surface area contributed by atoms with Crippen LogP contribution in [-0.2, 0) is 4.74 Å². The van der Waals surface area contributed by atoms with Crippen molar-refractivity contribution < 1.29 is 9.13 Å². The molecule has 3 atom stereocenters. The molecule has 0 aromatic heterocycles. The monoisotopic (exact) mass is 148 g/mol. The van der Waals surface area contributed by atoms with Crippen molar-refractivity contribution in [1.82, 2.24) is 0 Å². The summed E-state index contributed by atoms with van der Waals surface area (Å²) in [5.41, 5.74) is -0.905. The van der Waals surface area contributed by atoms with Gasteiger partial charge in [0.1, 0.15) is 5.44 Å². The molecule has 1 saturated heterocycles. The molecule has 0 saturated carbocycles. The molecule has 0 radical (unpaired) electrons. The third-order valence-electron chi connectivity index (χ3n) is 1.10. The van der Waals surface area contributed by atoms with Gasteiger partial charge in [0.25, 0.3) is 0 Å². The fourth-order valence-corrected chi connectivity index (χ4v) is 1.32. The summed E-state index contributed by atoms with van der Waals surface area (Å²) in [5.74, 6) is 0. The van der Waals surface area contributed by atoms with Crippen LogP contribution in [0.2, 0.25) is 0 Å². The number of thioether (sulfide) groups is 1. The summed E-state index contributed by atoms with van der Waals surface area (Å²) < 4.78 is 17.3. The van der Waals surface area contributed by atoms with E-state index in [1.165, 1.54) is 17.8 Å². The summed E-state index contributed by atoms with van der Waals surface area (Å²) in [7, 11) is 0. The minimum atomic E-state index is -0.972. The zero-order chi connectivity index (χ0) is 6.85. The Morgan fingerprint density at radius 1 is 1.89 bits per heavy atom. The van der Waals surface area contributed by atoms with Gasteiger partial charge in [0.2, 0.25) is 0 Å². The smallest absolute Gasteiger partial charge is 0.166 e. The molecule has 1 aliphatic heterocycles. The van der Waals surface area contributed by atoms with Crippen LogP contribution in [0.25, 0.3) is 0 Å². The van der Waals surface area contributed by atoms with E-state index in [4.69, 9.17) is 4.74 Å². The lowest BCUT2D eigenvalue weighted by Gasteiger charge is -1.95. The molecule has 0 aromatic carbocycles. The number of hydrogen-bond acceptors (Lipinski definition) is 2. The van der Waals surface area contributed by atoms with Crippen molar-refractivity contribution in [2.45, 2.75) is 24.0 Å². The lowest BCUT2D eigenvalue weighted by Crippen LogP contribution is -1.91. The highest BCUT2D eigenvalue weighted by molar-refractivity contribution is 8.00. The number of hydrogen-bond donors (Lipinski definition) is 0. The predicted octanol–water partition coefficient (Wildman–Crippen LogP) is 1.95. The normalized spacial score (nSPS) is 35.8. The average molecular weight is 148 g/mol. The van der Waals surface area contributed by atoms with Crippen molar-refractivity contribution in [3.63, 3.8) is 0 Å². The van der Waals surface area contributed by atoms with Crippen LogP contribution in [0.4, 0.5) is 4.39 Å². The first-order chi connectivity index (χ1) is 4.24. The van der Waals surface area contributed by atoms with E-state index in [0.29, 0.717) is 0 Å². The molecule has 0 aliphatic carbocycles. The van der Waals surface area contributed by atoms with Gasteiger partial charge in [-0.15, -0.1) is 0 Å². The third kappa shape index (κ3) is 1.99. The maximum atomic E-state index is 12.4. The van der Waals surface area contributed by atoms with E-state index in [1.807, 2.05) is 6.92 Å². The van der Waals surface area contributed by atoms with Crippen LogP contribution in [0.3, 0.4) is 0 Å². The van der Waals surface area contributed by atoms with E-state index in [9.17, 15) is 4.39 Å². The topological polar surface area (TPSA) is 12.5 Å². The first kappa shape index (κ1) is 7.09. The molecule has 1 rings (SSSR count). The van der Waals surface area contributed by atoms with Crippen LogP contribution in [0.15, 0.2) is 12.7 Å². The third-order valence-corrected chi connectivity index (χ3v) is 2.32. The van der Waals surface area contributed by atoms with Gasteiger partial charge in [0.05, 0.1) is 6.10 Å². The molecule has 3 unspecified atom stereocenters. The van der Waals surface area contributed by atoms with Crippen LogP contribution < -0.4 is 0 Å². The van der Waals surface area contributed by atoms with E-state index in [1.54, 1.807) is 0 Å². The Hall–Kier alpha value is -0.0200. The Labute approximate surface area is 58.3 Å². The summed E-state index contributed by atoms with van der Waals surface area (Å²) in [6.07, 6.45) is 1.51. The Balaban J connectivity index is 2.11. The van der Waals surface area contributed by atoms with Crippen molar-refractivity contribution in [2.75, 3.05) is 0 Å². The Bertz CT molecular complexity index is 118. The van der Waals surface area contributed by atoms with E-state index in [2.05, 4.69) is 6.58 Å². The van der Waals surface area contributed by atoms with E-state index in [-0.39, 0.29) is 11.5 Å². The second-order valence-corrected chi connectivity index (χ2v) is 3.12. The molecular formula is C6H9FOS. The molecule has 0 spiro atoms. The standard InChI is InChI=1S/C6H9FOS/c1-3-5(7)9-6-4(2)8-6/h3-6H,1H2,2H3. The van der Waals surface area contributed by atoms with Crippen molar-refractivity contribution in [3.05, 3.63) is 12.7 Å². The summed E-state index contributed by atoms with van der Waals surface area (Å²) in [5, 5.41) is 0. The number of rotatable bonds is 3. The second kappa shape index (κ2) is 2.71. The van der Waals surface area contributed by atoms with Crippen molar-refractivity contribution >= 4 is 11.8 Å². The van der Waals surface area contributed by atoms with Crippen LogP contribution >= 0.6 is 11.8 Å². The molecule has 0 N–H and O–H groups in total. The molecule has 1 fully saturated rings. The van der Waals surface area contributed by atoms with Gasteiger partial charge in [0.15, 0.2) is 5.50 Å². The van der Waals surface area contributed by atoms with Gasteiger partial charge in [-0.1, -0.05) is 18.3 Å². The SMILES string of the molecule is C=CC(F)SC1OC1C. The van der Waals surface area contributed by atoms with Gasteiger partial charge in [-0.2, -0.15) is 0 Å². The highest BCUT2D eigenvalue weighted by atomic mass is 32.2. The molecule has 1 aliphatic rings. The van der Waals surface area contributed by atoms with Crippen LogP contribution in [0.1, 0.15) is 6.92 Å². The fourth-order valence-electron chi connectivity index (χ4n) is 0.493. The number of alkyl halides is 1. The quantitative estimate of drug-likeness (QED) is 0.448. The Kier molecular flexibility index (Phi) is 2.13. The van der Waals surface area contributed by atoms with E-state index in [0.717, 1.165) is 0 Å². The zero-order valence-corrected chi connectivity index (χ0v) is 6.03. The van der Waals surface area contributed by atoms with Crippen LogP contribution in [0, 0.1) is 0 Å². The molecule has 0 aromatic rings. The number of ether oxygens (including phenoxy) is 1. The van der Waals surface area contributed by atoms with E-state index >= 15 is 0 Å². The van der Waals surface area contributed by atoms with Gasteiger partial charge in [0, 0.05) is 0 Å². The van der Waals surface area contributed by atoms with Gasteiger partial charge in [-0.3, -0.25) is 0 Å². The molecule has 9 heavy (non-hydrogen) atoms.